The van der Waals surface area contributed by atoms with E-state index in [0.29, 0.717) is 5.56 Å². The number of rotatable bonds is 3. The van der Waals surface area contributed by atoms with Gasteiger partial charge in [0, 0.05) is 12.1 Å². The molecule has 0 bridgehead atoms. The Morgan fingerprint density at radius 3 is 2.33 bits per heavy atom. The van der Waals surface area contributed by atoms with Crippen LogP contribution in [0, 0.1) is 0 Å². The molecule has 0 unspecified atom stereocenters. The van der Waals surface area contributed by atoms with Crippen LogP contribution in [0.3, 0.4) is 0 Å². The van der Waals surface area contributed by atoms with Crippen molar-refractivity contribution in [3.05, 3.63) is 35.7 Å². The Bertz CT molecular complexity index is 601. The molecule has 0 atom stereocenters. The van der Waals surface area contributed by atoms with E-state index in [1.165, 1.54) is 12.8 Å². The predicted molar refractivity (Wildman–Crippen MR) is 69.2 cm³/mol. The summed E-state index contributed by atoms with van der Waals surface area (Å²) in [7, 11) is 0. The van der Waals surface area contributed by atoms with Crippen molar-refractivity contribution < 1.29 is 17.7 Å². The zero-order valence-corrected chi connectivity index (χ0v) is 11.2. The number of alkyl halides is 3. The molecule has 7 heteroatoms. The number of nitrogens with zero attached hydrogens (tertiary/aromatic N) is 3. The molecule has 2 aromatic rings. The molecule has 1 fully saturated rings. The fourth-order valence-corrected chi connectivity index (χ4v) is 2.41. The van der Waals surface area contributed by atoms with Crippen molar-refractivity contribution in [3.63, 3.8) is 0 Å². The second-order valence-corrected chi connectivity index (χ2v) is 5.10. The summed E-state index contributed by atoms with van der Waals surface area (Å²) in [5, 5.41) is 3.37. The average Bonchev–Trinajstić information content (AvgIpc) is 3.09. The second-order valence-electron chi connectivity index (χ2n) is 5.10. The van der Waals surface area contributed by atoms with E-state index < -0.39 is 12.1 Å². The van der Waals surface area contributed by atoms with Gasteiger partial charge >= 0.3 is 12.1 Å². The lowest BCUT2D eigenvalue weighted by atomic mass is 10.1. The highest BCUT2D eigenvalue weighted by Gasteiger charge is 2.38. The van der Waals surface area contributed by atoms with Gasteiger partial charge in [-0.15, -0.1) is 0 Å². The molecule has 0 N–H and O–H groups in total. The van der Waals surface area contributed by atoms with Gasteiger partial charge in [0.1, 0.15) is 0 Å². The SMILES string of the molecule is FC(F)(F)c1nc(-c2ccc(CN3CCCC3)cc2)no1. The van der Waals surface area contributed by atoms with Crippen LogP contribution < -0.4 is 0 Å². The molecule has 1 aliphatic rings. The Hall–Kier alpha value is -1.89. The lowest BCUT2D eigenvalue weighted by Crippen LogP contribution is -2.18. The lowest BCUT2D eigenvalue weighted by Gasteiger charge is -2.14. The van der Waals surface area contributed by atoms with E-state index in [1.54, 1.807) is 12.1 Å². The standard InChI is InChI=1S/C14H14F3N3O/c15-14(16,17)13-18-12(19-21-13)11-5-3-10(4-6-11)9-20-7-1-2-8-20/h3-6H,1-2,7-9H2. The molecule has 1 aromatic heterocycles. The van der Waals surface area contributed by atoms with E-state index in [1.807, 2.05) is 12.1 Å². The first-order valence-corrected chi connectivity index (χ1v) is 6.75. The van der Waals surface area contributed by atoms with Gasteiger partial charge in [0.15, 0.2) is 0 Å². The summed E-state index contributed by atoms with van der Waals surface area (Å²) in [6.45, 7) is 3.06. The van der Waals surface area contributed by atoms with Crippen molar-refractivity contribution in [2.75, 3.05) is 13.1 Å². The Morgan fingerprint density at radius 1 is 1.10 bits per heavy atom. The minimum Gasteiger partial charge on any atom is -0.329 e. The van der Waals surface area contributed by atoms with Crippen LogP contribution >= 0.6 is 0 Å². The van der Waals surface area contributed by atoms with Crippen LogP contribution in [-0.4, -0.2) is 28.1 Å². The number of hydrogen-bond donors (Lipinski definition) is 0. The molecule has 0 amide bonds. The molecular weight excluding hydrogens is 283 g/mol. The number of halogens is 3. The highest BCUT2D eigenvalue weighted by molar-refractivity contribution is 5.54. The molecule has 1 aromatic carbocycles. The van der Waals surface area contributed by atoms with Crippen molar-refractivity contribution in [3.8, 4) is 11.4 Å². The third kappa shape index (κ3) is 3.24. The Morgan fingerprint density at radius 2 is 1.76 bits per heavy atom. The van der Waals surface area contributed by atoms with Crippen LogP contribution in [-0.2, 0) is 12.7 Å². The number of benzene rings is 1. The predicted octanol–water partition coefficient (Wildman–Crippen LogP) is 3.35. The smallest absolute Gasteiger partial charge is 0.329 e. The molecular formula is C14H14F3N3O. The molecule has 4 nitrogen and oxygen atoms in total. The van der Waals surface area contributed by atoms with Crippen LogP contribution in [0.1, 0.15) is 24.3 Å². The molecule has 112 valence electrons. The Kier molecular flexibility index (Phi) is 3.67. The summed E-state index contributed by atoms with van der Waals surface area (Å²) in [4.78, 5) is 5.72. The zero-order valence-electron chi connectivity index (χ0n) is 11.2. The zero-order chi connectivity index (χ0) is 14.9. The van der Waals surface area contributed by atoms with E-state index in [4.69, 9.17) is 0 Å². The first kappa shape index (κ1) is 14.1. The van der Waals surface area contributed by atoms with Gasteiger partial charge in [-0.3, -0.25) is 4.90 Å². The number of hydrogen-bond acceptors (Lipinski definition) is 4. The number of aromatic nitrogens is 2. The molecule has 1 saturated heterocycles. The Labute approximate surface area is 119 Å². The monoisotopic (exact) mass is 297 g/mol. The highest BCUT2D eigenvalue weighted by Crippen LogP contribution is 2.29. The summed E-state index contributed by atoms with van der Waals surface area (Å²) in [6.07, 6.45) is -2.16. The van der Waals surface area contributed by atoms with Crippen molar-refractivity contribution in [1.29, 1.82) is 0 Å². The summed E-state index contributed by atoms with van der Waals surface area (Å²) in [5.74, 6) is -1.37. The average molecular weight is 297 g/mol. The quantitative estimate of drug-likeness (QED) is 0.871. The van der Waals surface area contributed by atoms with Crippen molar-refractivity contribution in [1.82, 2.24) is 15.0 Å². The molecule has 0 saturated carbocycles. The first-order valence-electron chi connectivity index (χ1n) is 6.75. The van der Waals surface area contributed by atoms with Gasteiger partial charge in [0.25, 0.3) is 0 Å². The molecule has 2 heterocycles. The molecule has 0 aliphatic carbocycles. The molecule has 0 radical (unpaired) electrons. The lowest BCUT2D eigenvalue weighted by molar-refractivity contribution is -0.159. The highest BCUT2D eigenvalue weighted by atomic mass is 19.4. The van der Waals surface area contributed by atoms with E-state index in [-0.39, 0.29) is 5.82 Å². The summed E-state index contributed by atoms with van der Waals surface area (Å²) >= 11 is 0. The van der Waals surface area contributed by atoms with Crippen molar-refractivity contribution in [2.24, 2.45) is 0 Å². The second kappa shape index (κ2) is 5.48. The summed E-state index contributed by atoms with van der Waals surface area (Å²) in [5.41, 5.74) is 1.64. The maximum Gasteiger partial charge on any atom is 0.471 e. The van der Waals surface area contributed by atoms with Gasteiger partial charge in [-0.05, 0) is 31.5 Å². The topological polar surface area (TPSA) is 42.2 Å². The third-order valence-electron chi connectivity index (χ3n) is 3.49. The third-order valence-corrected chi connectivity index (χ3v) is 3.49. The summed E-state index contributed by atoms with van der Waals surface area (Å²) < 4.78 is 41.4. The van der Waals surface area contributed by atoms with Crippen LogP contribution in [0.25, 0.3) is 11.4 Å². The van der Waals surface area contributed by atoms with Crippen molar-refractivity contribution in [2.45, 2.75) is 25.6 Å². The largest absolute Gasteiger partial charge is 0.471 e. The minimum absolute atomic E-state index is 0.0463. The van der Waals surface area contributed by atoms with Crippen LogP contribution in [0.2, 0.25) is 0 Å². The van der Waals surface area contributed by atoms with E-state index in [2.05, 4.69) is 19.6 Å². The fourth-order valence-electron chi connectivity index (χ4n) is 2.41. The first-order chi connectivity index (χ1) is 10.0. The van der Waals surface area contributed by atoms with Gasteiger partial charge in [-0.25, -0.2) is 0 Å². The van der Waals surface area contributed by atoms with Gasteiger partial charge in [0.2, 0.25) is 5.82 Å². The molecule has 21 heavy (non-hydrogen) atoms. The Balaban J connectivity index is 1.73. The van der Waals surface area contributed by atoms with Crippen LogP contribution in [0.5, 0.6) is 0 Å². The maximum absolute atomic E-state index is 12.4. The summed E-state index contributed by atoms with van der Waals surface area (Å²) in [6, 6.07) is 7.21. The van der Waals surface area contributed by atoms with E-state index in [0.717, 1.165) is 25.2 Å². The van der Waals surface area contributed by atoms with Gasteiger partial charge in [0.05, 0.1) is 0 Å². The molecule has 0 spiro atoms. The van der Waals surface area contributed by atoms with Gasteiger partial charge in [-0.2, -0.15) is 18.2 Å². The minimum atomic E-state index is -4.61. The fraction of sp³-hybridized carbons (Fsp3) is 0.429. The normalized spacial score (nSPS) is 16.5. The number of likely N-dealkylation sites (tertiary alicyclic amines) is 1. The van der Waals surface area contributed by atoms with Crippen LogP contribution in [0.4, 0.5) is 13.2 Å². The van der Waals surface area contributed by atoms with Gasteiger partial charge in [-0.1, -0.05) is 29.4 Å². The van der Waals surface area contributed by atoms with Crippen molar-refractivity contribution >= 4 is 0 Å². The van der Waals surface area contributed by atoms with Gasteiger partial charge < -0.3 is 4.52 Å². The molecule has 3 rings (SSSR count). The van der Waals surface area contributed by atoms with E-state index >= 15 is 0 Å². The van der Waals surface area contributed by atoms with Crippen LogP contribution in [0.15, 0.2) is 28.8 Å². The van der Waals surface area contributed by atoms with E-state index in [9.17, 15) is 13.2 Å². The maximum atomic E-state index is 12.4. The molecule has 1 aliphatic heterocycles.